The normalized spacial score (nSPS) is 20.0. The second-order valence-electron chi connectivity index (χ2n) is 7.39. The number of hydrogen-bond acceptors (Lipinski definition) is 5. The van der Waals surface area contributed by atoms with E-state index in [1.54, 1.807) is 13.0 Å². The molecule has 1 aliphatic heterocycles. The number of carboxylic acids is 1. The van der Waals surface area contributed by atoms with Gasteiger partial charge in [0.1, 0.15) is 0 Å². The number of amides is 1. The van der Waals surface area contributed by atoms with Gasteiger partial charge in [-0.1, -0.05) is 6.07 Å². The van der Waals surface area contributed by atoms with Crippen molar-refractivity contribution < 1.29 is 27.9 Å². The first-order valence-electron chi connectivity index (χ1n) is 9.49. The first kappa shape index (κ1) is 21.9. The number of carboxylic acid groups (broad SMARTS) is 1. The van der Waals surface area contributed by atoms with Gasteiger partial charge in [0, 0.05) is 24.3 Å². The van der Waals surface area contributed by atoms with Crippen LogP contribution in [0.5, 0.6) is 0 Å². The highest BCUT2D eigenvalue weighted by atomic mass is 32.2. The van der Waals surface area contributed by atoms with Gasteiger partial charge in [-0.2, -0.15) is 4.31 Å². The zero-order valence-electron chi connectivity index (χ0n) is 17.0. The number of ether oxygens (including phenoxy) is 1. The van der Waals surface area contributed by atoms with E-state index in [1.165, 1.54) is 40.7 Å². The lowest BCUT2D eigenvalue weighted by atomic mass is 10.1. The van der Waals surface area contributed by atoms with Crippen molar-refractivity contribution in [1.29, 1.82) is 0 Å². The monoisotopic (exact) mass is 432 g/mol. The molecule has 1 amide bonds. The van der Waals surface area contributed by atoms with E-state index in [1.807, 2.05) is 13.8 Å². The van der Waals surface area contributed by atoms with Gasteiger partial charge in [0.15, 0.2) is 0 Å². The summed E-state index contributed by atoms with van der Waals surface area (Å²) in [5.41, 5.74) is 1.42. The van der Waals surface area contributed by atoms with Crippen LogP contribution in [-0.4, -0.2) is 55.0 Å². The van der Waals surface area contributed by atoms with E-state index in [-0.39, 0.29) is 41.3 Å². The molecule has 1 fully saturated rings. The second-order valence-corrected chi connectivity index (χ2v) is 9.33. The zero-order chi connectivity index (χ0) is 22.1. The van der Waals surface area contributed by atoms with Crippen LogP contribution in [0.15, 0.2) is 47.4 Å². The fourth-order valence-electron chi connectivity index (χ4n) is 3.34. The Labute approximate surface area is 175 Å². The van der Waals surface area contributed by atoms with Crippen LogP contribution in [0.4, 0.5) is 5.69 Å². The quantitative estimate of drug-likeness (QED) is 0.751. The summed E-state index contributed by atoms with van der Waals surface area (Å²) in [5.74, 6) is -1.55. The average molecular weight is 432 g/mol. The lowest BCUT2D eigenvalue weighted by Gasteiger charge is -2.34. The number of hydrogen-bond donors (Lipinski definition) is 2. The van der Waals surface area contributed by atoms with E-state index in [0.29, 0.717) is 11.3 Å². The molecule has 0 unspecified atom stereocenters. The Balaban J connectivity index is 1.78. The van der Waals surface area contributed by atoms with Crippen molar-refractivity contribution in [3.63, 3.8) is 0 Å². The molecule has 0 aliphatic carbocycles. The fourth-order valence-corrected chi connectivity index (χ4v) is 4.93. The molecule has 1 saturated heterocycles. The van der Waals surface area contributed by atoms with Crippen LogP contribution < -0.4 is 5.32 Å². The lowest BCUT2D eigenvalue weighted by Crippen LogP contribution is -2.48. The number of anilines is 1. The molecule has 160 valence electrons. The maximum absolute atomic E-state index is 12.9. The van der Waals surface area contributed by atoms with Gasteiger partial charge >= 0.3 is 5.97 Å². The maximum atomic E-state index is 12.9. The van der Waals surface area contributed by atoms with E-state index in [4.69, 9.17) is 9.84 Å². The maximum Gasteiger partial charge on any atom is 0.335 e. The van der Waals surface area contributed by atoms with E-state index < -0.39 is 21.9 Å². The Morgan fingerprint density at radius 3 is 2.17 bits per heavy atom. The Bertz CT molecular complexity index is 1060. The third kappa shape index (κ3) is 4.69. The predicted octanol–water partition coefficient (Wildman–Crippen LogP) is 2.74. The molecule has 2 aromatic rings. The summed E-state index contributed by atoms with van der Waals surface area (Å²) in [6.45, 7) is 5.95. The molecule has 2 N–H and O–H groups in total. The molecule has 0 spiro atoms. The molecular weight excluding hydrogens is 408 g/mol. The van der Waals surface area contributed by atoms with Gasteiger partial charge in [-0.25, -0.2) is 13.2 Å². The van der Waals surface area contributed by atoms with Crippen LogP contribution in [0.2, 0.25) is 0 Å². The molecule has 1 aliphatic rings. The Morgan fingerprint density at radius 2 is 1.60 bits per heavy atom. The van der Waals surface area contributed by atoms with Gasteiger partial charge < -0.3 is 15.2 Å². The summed E-state index contributed by atoms with van der Waals surface area (Å²) in [6.07, 6.45) is -0.392. The Kier molecular flexibility index (Phi) is 6.25. The number of aromatic carboxylic acids is 1. The summed E-state index contributed by atoms with van der Waals surface area (Å²) < 4.78 is 32.8. The minimum absolute atomic E-state index is 0.0614. The molecule has 9 heteroatoms. The summed E-state index contributed by atoms with van der Waals surface area (Å²) in [5, 5.41) is 11.8. The average Bonchev–Trinajstić information content (AvgIpc) is 2.68. The van der Waals surface area contributed by atoms with Crippen LogP contribution >= 0.6 is 0 Å². The van der Waals surface area contributed by atoms with Crippen molar-refractivity contribution in [2.24, 2.45) is 0 Å². The number of morpholine rings is 1. The molecule has 2 aromatic carbocycles. The smallest absolute Gasteiger partial charge is 0.335 e. The van der Waals surface area contributed by atoms with Gasteiger partial charge in [0.25, 0.3) is 5.91 Å². The molecular formula is C21H24N2O6S. The number of nitrogens with one attached hydrogen (secondary N) is 1. The minimum Gasteiger partial charge on any atom is -0.478 e. The first-order chi connectivity index (χ1) is 14.1. The van der Waals surface area contributed by atoms with Crippen molar-refractivity contribution in [2.75, 3.05) is 18.4 Å². The fraction of sp³-hybridized carbons (Fsp3) is 0.333. The highest BCUT2D eigenvalue weighted by Gasteiger charge is 2.32. The molecule has 30 heavy (non-hydrogen) atoms. The highest BCUT2D eigenvalue weighted by Crippen LogP contribution is 2.22. The first-order valence-corrected chi connectivity index (χ1v) is 10.9. The Morgan fingerprint density at radius 1 is 1.03 bits per heavy atom. The Hall–Kier alpha value is -2.75. The van der Waals surface area contributed by atoms with Gasteiger partial charge in [-0.15, -0.1) is 0 Å². The molecule has 0 bridgehead atoms. The van der Waals surface area contributed by atoms with E-state index in [0.717, 1.165) is 0 Å². The molecule has 0 aromatic heterocycles. The highest BCUT2D eigenvalue weighted by molar-refractivity contribution is 7.89. The molecule has 8 nitrogen and oxygen atoms in total. The topological polar surface area (TPSA) is 113 Å². The summed E-state index contributed by atoms with van der Waals surface area (Å²) >= 11 is 0. The zero-order valence-corrected chi connectivity index (χ0v) is 17.8. The van der Waals surface area contributed by atoms with Gasteiger partial charge in [0.05, 0.1) is 22.7 Å². The largest absolute Gasteiger partial charge is 0.478 e. The molecule has 3 rings (SSSR count). The van der Waals surface area contributed by atoms with Crippen molar-refractivity contribution in [1.82, 2.24) is 4.31 Å². The predicted molar refractivity (Wildman–Crippen MR) is 111 cm³/mol. The van der Waals surface area contributed by atoms with Crippen LogP contribution in [0.1, 0.15) is 40.1 Å². The third-order valence-electron chi connectivity index (χ3n) is 4.87. The summed E-state index contributed by atoms with van der Waals surface area (Å²) in [6, 6.07) is 10.1. The van der Waals surface area contributed by atoms with Gasteiger partial charge in [0.2, 0.25) is 10.0 Å². The number of rotatable bonds is 5. The molecule has 2 atom stereocenters. The van der Waals surface area contributed by atoms with Crippen molar-refractivity contribution in [3.8, 4) is 0 Å². The second kappa shape index (κ2) is 8.55. The van der Waals surface area contributed by atoms with Crippen molar-refractivity contribution in [3.05, 3.63) is 59.2 Å². The molecule has 1 heterocycles. The van der Waals surface area contributed by atoms with E-state index in [9.17, 15) is 18.0 Å². The van der Waals surface area contributed by atoms with Gasteiger partial charge in [-0.05, 0) is 62.7 Å². The lowest BCUT2D eigenvalue weighted by molar-refractivity contribution is -0.0440. The van der Waals surface area contributed by atoms with E-state index >= 15 is 0 Å². The summed E-state index contributed by atoms with van der Waals surface area (Å²) in [7, 11) is -3.69. The van der Waals surface area contributed by atoms with Gasteiger partial charge in [-0.3, -0.25) is 4.79 Å². The number of nitrogens with zero attached hydrogens (tertiary/aromatic N) is 1. The van der Waals surface area contributed by atoms with Crippen LogP contribution in [-0.2, 0) is 14.8 Å². The van der Waals surface area contributed by atoms with Crippen LogP contribution in [0.25, 0.3) is 0 Å². The van der Waals surface area contributed by atoms with E-state index in [2.05, 4.69) is 5.32 Å². The number of aryl methyl sites for hydroxylation is 1. The number of sulfonamides is 1. The van der Waals surface area contributed by atoms with Crippen LogP contribution in [0.3, 0.4) is 0 Å². The van der Waals surface area contributed by atoms with Crippen molar-refractivity contribution >= 4 is 27.6 Å². The van der Waals surface area contributed by atoms with Crippen LogP contribution in [0, 0.1) is 6.92 Å². The molecule has 0 saturated carbocycles. The molecule has 0 radical (unpaired) electrons. The minimum atomic E-state index is -3.69. The third-order valence-corrected chi connectivity index (χ3v) is 6.72. The number of carbonyl (C=O) groups excluding carboxylic acids is 1. The van der Waals surface area contributed by atoms with Crippen molar-refractivity contribution in [2.45, 2.75) is 37.9 Å². The number of carbonyl (C=O) groups is 2. The summed E-state index contributed by atoms with van der Waals surface area (Å²) in [4.78, 5) is 23.8. The standard InChI is InChI=1S/C21H24N2O6S/c1-13-4-5-17(21(25)26)10-19(13)22-20(24)16-6-8-18(9-7-16)30(27,28)23-11-14(2)29-15(3)12-23/h4-10,14-15H,11-12H2,1-3H3,(H,22,24)(H,25,26)/t14-,15-/m1/s1. The number of benzene rings is 2. The SMILES string of the molecule is Cc1ccc(C(=O)O)cc1NC(=O)c1ccc(S(=O)(=O)N2C[C@@H](C)O[C@H](C)C2)cc1.